The zero-order chi connectivity index (χ0) is 17.4. The monoisotopic (exact) mass is 355 g/mol. The van der Waals surface area contributed by atoms with Gasteiger partial charge in [-0.1, -0.05) is 0 Å². The minimum absolute atomic E-state index is 0.0690. The number of phenols is 1. The lowest BCUT2D eigenvalue weighted by atomic mass is 9.97. The summed E-state index contributed by atoms with van der Waals surface area (Å²) >= 11 is 1.61. The zero-order valence-electron chi connectivity index (χ0n) is 13.7. The fourth-order valence-electron chi connectivity index (χ4n) is 3.11. The van der Waals surface area contributed by atoms with Gasteiger partial charge in [-0.15, -0.1) is 11.3 Å². The number of ether oxygens (including phenoxy) is 1. The van der Waals surface area contributed by atoms with Gasteiger partial charge in [0.2, 0.25) is 0 Å². The van der Waals surface area contributed by atoms with Crippen LogP contribution in [0.1, 0.15) is 28.8 Å². The normalized spacial score (nSPS) is 14.1. The second-order valence-electron chi connectivity index (χ2n) is 5.95. The number of hydrogen-bond acceptors (Lipinski definition) is 6. The highest BCUT2D eigenvalue weighted by molar-refractivity contribution is 7.18. The van der Waals surface area contributed by atoms with Crippen molar-refractivity contribution in [3.63, 3.8) is 0 Å². The van der Waals surface area contributed by atoms with Crippen LogP contribution < -0.4 is 10.3 Å². The number of phenolic OH excluding ortho intramolecular Hbond substituents is 1. The molecule has 3 aromatic rings. The molecule has 1 N–H and O–H groups in total. The van der Waals surface area contributed by atoms with Gasteiger partial charge in [0.25, 0.3) is 5.56 Å². The third-order valence-electron chi connectivity index (χ3n) is 4.41. The Morgan fingerprint density at radius 3 is 3.04 bits per heavy atom. The van der Waals surface area contributed by atoms with Gasteiger partial charge in [-0.3, -0.25) is 4.79 Å². The second kappa shape index (κ2) is 6.33. The van der Waals surface area contributed by atoms with Gasteiger partial charge in [-0.05, 0) is 49.4 Å². The summed E-state index contributed by atoms with van der Waals surface area (Å²) in [6, 6.07) is 4.84. The first-order chi connectivity index (χ1) is 12.2. The largest absolute Gasteiger partial charge is 0.507 e. The topological polar surface area (TPSA) is 76.7 Å². The SMILES string of the molecule is COc1ccc(O)c(C=Nn2cnc3sc4c(c3c2=O)CCCC4)c1. The molecule has 2 heterocycles. The van der Waals surface area contributed by atoms with Crippen molar-refractivity contribution in [3.8, 4) is 11.5 Å². The number of aromatic hydroxyl groups is 1. The molecule has 0 saturated heterocycles. The van der Waals surface area contributed by atoms with Crippen LogP contribution in [-0.2, 0) is 12.8 Å². The van der Waals surface area contributed by atoms with E-state index in [4.69, 9.17) is 4.74 Å². The van der Waals surface area contributed by atoms with Crippen molar-refractivity contribution in [2.45, 2.75) is 25.7 Å². The van der Waals surface area contributed by atoms with Crippen molar-refractivity contribution in [1.82, 2.24) is 9.66 Å². The van der Waals surface area contributed by atoms with Crippen LogP contribution in [0.5, 0.6) is 11.5 Å². The molecule has 0 unspecified atom stereocenters. The second-order valence-corrected chi connectivity index (χ2v) is 7.04. The smallest absolute Gasteiger partial charge is 0.282 e. The molecular weight excluding hydrogens is 338 g/mol. The van der Waals surface area contributed by atoms with Gasteiger partial charge in [0.15, 0.2) is 0 Å². The molecule has 0 atom stereocenters. The van der Waals surface area contributed by atoms with Gasteiger partial charge in [-0.25, -0.2) is 4.98 Å². The van der Waals surface area contributed by atoms with E-state index in [1.807, 2.05) is 0 Å². The summed E-state index contributed by atoms with van der Waals surface area (Å²) in [6.45, 7) is 0. The van der Waals surface area contributed by atoms with E-state index in [0.717, 1.165) is 29.7 Å². The average molecular weight is 355 g/mol. The highest BCUT2D eigenvalue weighted by Gasteiger charge is 2.19. The number of thiophene rings is 1. The molecule has 0 aliphatic heterocycles. The van der Waals surface area contributed by atoms with Gasteiger partial charge in [-0.2, -0.15) is 9.78 Å². The maximum atomic E-state index is 12.8. The fraction of sp³-hybridized carbons (Fsp3) is 0.278. The lowest BCUT2D eigenvalue weighted by Gasteiger charge is -2.09. The average Bonchev–Trinajstić information content (AvgIpc) is 3.01. The van der Waals surface area contributed by atoms with E-state index >= 15 is 0 Å². The van der Waals surface area contributed by atoms with E-state index in [9.17, 15) is 9.90 Å². The Morgan fingerprint density at radius 1 is 1.36 bits per heavy atom. The molecule has 1 aliphatic rings. The van der Waals surface area contributed by atoms with Crippen molar-refractivity contribution >= 4 is 27.8 Å². The van der Waals surface area contributed by atoms with E-state index in [1.54, 1.807) is 30.6 Å². The maximum Gasteiger partial charge on any atom is 0.282 e. The van der Waals surface area contributed by atoms with Crippen molar-refractivity contribution in [1.29, 1.82) is 0 Å². The Labute approximate surface area is 148 Å². The molecule has 1 aliphatic carbocycles. The third kappa shape index (κ3) is 2.80. The number of methoxy groups -OCH3 is 1. The molecule has 0 fully saturated rings. The molecule has 6 nitrogen and oxygen atoms in total. The van der Waals surface area contributed by atoms with Crippen LogP contribution in [0.2, 0.25) is 0 Å². The molecule has 0 bridgehead atoms. The van der Waals surface area contributed by atoms with Gasteiger partial charge >= 0.3 is 0 Å². The van der Waals surface area contributed by atoms with Gasteiger partial charge in [0.05, 0.1) is 18.7 Å². The number of rotatable bonds is 3. The van der Waals surface area contributed by atoms with E-state index < -0.39 is 0 Å². The summed E-state index contributed by atoms with van der Waals surface area (Å²) in [6.07, 6.45) is 7.09. The number of nitrogens with zero attached hydrogens (tertiary/aromatic N) is 3. The predicted molar refractivity (Wildman–Crippen MR) is 98.2 cm³/mol. The predicted octanol–water partition coefficient (Wildman–Crippen LogP) is 2.93. The summed E-state index contributed by atoms with van der Waals surface area (Å²) in [5.74, 6) is 0.673. The third-order valence-corrected chi connectivity index (χ3v) is 5.61. The van der Waals surface area contributed by atoms with Crippen LogP contribution in [0.25, 0.3) is 10.2 Å². The molecule has 0 amide bonds. The van der Waals surface area contributed by atoms with Crippen molar-refractivity contribution in [2.24, 2.45) is 5.10 Å². The van der Waals surface area contributed by atoms with E-state index in [0.29, 0.717) is 16.7 Å². The summed E-state index contributed by atoms with van der Waals surface area (Å²) in [5.41, 5.74) is 1.44. The maximum absolute atomic E-state index is 12.8. The van der Waals surface area contributed by atoms with Crippen LogP contribution in [0, 0.1) is 0 Å². The van der Waals surface area contributed by atoms with Crippen molar-refractivity contribution in [2.75, 3.05) is 7.11 Å². The molecule has 2 aromatic heterocycles. The number of fused-ring (bicyclic) bond motifs is 3. The first-order valence-corrected chi connectivity index (χ1v) is 8.92. The van der Waals surface area contributed by atoms with E-state index in [1.165, 1.54) is 34.6 Å². The Morgan fingerprint density at radius 2 is 2.20 bits per heavy atom. The minimum atomic E-state index is -0.164. The zero-order valence-corrected chi connectivity index (χ0v) is 14.5. The standard InChI is InChI=1S/C18H17N3O3S/c1-24-12-6-7-14(22)11(8-12)9-20-21-10-19-17-16(18(21)23)13-4-2-3-5-15(13)25-17/h6-10,22H,2-5H2,1H3. The van der Waals surface area contributed by atoms with Crippen molar-refractivity contribution in [3.05, 3.63) is 50.9 Å². The molecule has 0 radical (unpaired) electrons. The Kier molecular flexibility index (Phi) is 4.01. The molecule has 7 heteroatoms. The van der Waals surface area contributed by atoms with Gasteiger partial charge in [0, 0.05) is 10.4 Å². The van der Waals surface area contributed by atoms with Gasteiger partial charge < -0.3 is 9.84 Å². The highest BCUT2D eigenvalue weighted by atomic mass is 32.1. The number of aryl methyl sites for hydroxylation is 2. The van der Waals surface area contributed by atoms with Crippen LogP contribution >= 0.6 is 11.3 Å². The molecule has 4 rings (SSSR count). The Bertz CT molecular complexity index is 1040. The molecular formula is C18H17N3O3S. The summed E-state index contributed by atoms with van der Waals surface area (Å²) in [4.78, 5) is 19.3. The minimum Gasteiger partial charge on any atom is -0.507 e. The Balaban J connectivity index is 1.77. The quantitative estimate of drug-likeness (QED) is 0.733. The van der Waals surface area contributed by atoms with E-state index in [2.05, 4.69) is 10.1 Å². The molecule has 128 valence electrons. The summed E-state index contributed by atoms with van der Waals surface area (Å²) in [7, 11) is 1.55. The number of benzene rings is 1. The fourth-order valence-corrected chi connectivity index (χ4v) is 4.33. The van der Waals surface area contributed by atoms with Crippen LogP contribution in [0.3, 0.4) is 0 Å². The molecule has 0 spiro atoms. The summed E-state index contributed by atoms with van der Waals surface area (Å²) < 4.78 is 6.37. The molecule has 25 heavy (non-hydrogen) atoms. The number of aromatic nitrogens is 2. The van der Waals surface area contributed by atoms with Crippen LogP contribution in [-0.4, -0.2) is 28.1 Å². The van der Waals surface area contributed by atoms with E-state index in [-0.39, 0.29) is 11.3 Å². The van der Waals surface area contributed by atoms with Crippen LogP contribution in [0.4, 0.5) is 0 Å². The Hall–Kier alpha value is -2.67. The molecule has 0 saturated carbocycles. The molecule has 1 aromatic carbocycles. The first kappa shape index (κ1) is 15.8. The van der Waals surface area contributed by atoms with Crippen molar-refractivity contribution < 1.29 is 9.84 Å². The number of hydrogen-bond donors (Lipinski definition) is 1. The van der Waals surface area contributed by atoms with Crippen LogP contribution in [0.15, 0.2) is 34.4 Å². The lowest BCUT2D eigenvalue weighted by molar-refractivity contribution is 0.412. The summed E-state index contributed by atoms with van der Waals surface area (Å²) in [5, 5.41) is 14.8. The van der Waals surface area contributed by atoms with Gasteiger partial charge in [0.1, 0.15) is 22.7 Å². The lowest BCUT2D eigenvalue weighted by Crippen LogP contribution is -2.18. The first-order valence-electron chi connectivity index (χ1n) is 8.10. The highest BCUT2D eigenvalue weighted by Crippen LogP contribution is 2.33.